The zero-order chi connectivity index (χ0) is 12.1. The Morgan fingerprint density at radius 2 is 2.41 bits per heavy atom. The zero-order valence-corrected chi connectivity index (χ0v) is 9.65. The molecule has 1 aliphatic rings. The van der Waals surface area contributed by atoms with Crippen molar-refractivity contribution < 1.29 is 4.79 Å². The summed E-state index contributed by atoms with van der Waals surface area (Å²) in [6, 6.07) is 3.87. The molecule has 1 aromatic rings. The molecule has 0 unspecified atom stereocenters. The Balaban J connectivity index is 2.02. The lowest BCUT2D eigenvalue weighted by Gasteiger charge is -2.20. The van der Waals surface area contributed by atoms with Gasteiger partial charge < -0.3 is 10.7 Å². The van der Waals surface area contributed by atoms with E-state index >= 15 is 0 Å². The van der Waals surface area contributed by atoms with Crippen LogP contribution in [0.2, 0.25) is 0 Å². The van der Waals surface area contributed by atoms with Crippen LogP contribution < -0.4 is 16.6 Å². The summed E-state index contributed by atoms with van der Waals surface area (Å²) in [6.45, 7) is 3.07. The third kappa shape index (κ3) is 3.15. The summed E-state index contributed by atoms with van der Waals surface area (Å²) in [4.78, 5) is 17.6. The zero-order valence-electron chi connectivity index (χ0n) is 9.65. The van der Waals surface area contributed by atoms with Crippen molar-refractivity contribution in [2.24, 2.45) is 5.84 Å². The molecule has 0 saturated carbocycles. The number of hydrogen-bond donors (Lipinski definition) is 3. The average Bonchev–Trinajstić information content (AvgIpc) is 2.55. The van der Waals surface area contributed by atoms with E-state index in [0.29, 0.717) is 18.8 Å². The summed E-state index contributed by atoms with van der Waals surface area (Å²) in [5, 5.41) is 2.85. The molecule has 1 fully saturated rings. The number of carbonyl (C=O) groups is 1. The quantitative estimate of drug-likeness (QED) is 0.494. The monoisotopic (exact) mass is 235 g/mol. The Morgan fingerprint density at radius 3 is 3.24 bits per heavy atom. The van der Waals surface area contributed by atoms with Crippen molar-refractivity contribution in [2.75, 3.05) is 25.1 Å². The fourth-order valence-corrected chi connectivity index (χ4v) is 1.91. The normalized spacial score (nSPS) is 17.4. The van der Waals surface area contributed by atoms with Gasteiger partial charge in [-0.1, -0.05) is 6.07 Å². The molecule has 6 nitrogen and oxygen atoms in total. The van der Waals surface area contributed by atoms with Crippen molar-refractivity contribution in [3.05, 3.63) is 23.9 Å². The van der Waals surface area contributed by atoms with Gasteiger partial charge in [-0.3, -0.25) is 9.69 Å². The molecule has 0 bridgehead atoms. The molecule has 92 valence electrons. The van der Waals surface area contributed by atoms with Crippen LogP contribution in [0.5, 0.6) is 0 Å². The van der Waals surface area contributed by atoms with Crippen LogP contribution in [0.25, 0.3) is 0 Å². The summed E-state index contributed by atoms with van der Waals surface area (Å²) in [7, 11) is 0. The van der Waals surface area contributed by atoms with Gasteiger partial charge in [0.2, 0.25) is 5.91 Å². The molecule has 0 spiro atoms. The molecule has 2 heterocycles. The molecular formula is C11H17N5O. The molecule has 1 amide bonds. The first-order valence-electron chi connectivity index (χ1n) is 5.69. The number of aromatic nitrogens is 1. The maximum Gasteiger partial charge on any atom is 0.221 e. The second kappa shape index (κ2) is 5.60. The van der Waals surface area contributed by atoms with Gasteiger partial charge in [-0.15, -0.1) is 0 Å². The Kier molecular flexibility index (Phi) is 3.89. The van der Waals surface area contributed by atoms with Gasteiger partial charge in [0, 0.05) is 44.4 Å². The van der Waals surface area contributed by atoms with E-state index in [-0.39, 0.29) is 5.91 Å². The van der Waals surface area contributed by atoms with Crippen LogP contribution in [0.4, 0.5) is 5.82 Å². The number of hydrazine groups is 1. The highest BCUT2D eigenvalue weighted by molar-refractivity contribution is 5.76. The second-order valence-electron chi connectivity index (χ2n) is 4.03. The lowest BCUT2D eigenvalue weighted by Crippen LogP contribution is -2.28. The second-order valence-corrected chi connectivity index (χ2v) is 4.03. The maximum absolute atomic E-state index is 11.2. The van der Waals surface area contributed by atoms with E-state index in [9.17, 15) is 4.79 Å². The molecule has 6 heteroatoms. The lowest BCUT2D eigenvalue weighted by atomic mass is 10.2. The molecule has 1 aliphatic heterocycles. The SMILES string of the molecule is NNc1ncccc1CN1CCNC(=O)CC1. The molecule has 0 atom stereocenters. The fourth-order valence-electron chi connectivity index (χ4n) is 1.91. The minimum Gasteiger partial charge on any atom is -0.355 e. The van der Waals surface area contributed by atoms with Crippen molar-refractivity contribution in [3.63, 3.8) is 0 Å². The number of anilines is 1. The minimum atomic E-state index is 0.121. The van der Waals surface area contributed by atoms with Crippen LogP contribution in [-0.4, -0.2) is 35.4 Å². The van der Waals surface area contributed by atoms with Gasteiger partial charge in [0.25, 0.3) is 0 Å². The van der Waals surface area contributed by atoms with E-state index in [1.54, 1.807) is 6.20 Å². The first-order chi connectivity index (χ1) is 8.29. The number of pyridine rings is 1. The Labute approximate surface area is 100 Å². The number of carbonyl (C=O) groups excluding carboxylic acids is 1. The van der Waals surface area contributed by atoms with Gasteiger partial charge in [0.15, 0.2) is 0 Å². The van der Waals surface area contributed by atoms with E-state index in [4.69, 9.17) is 5.84 Å². The molecule has 0 aliphatic carbocycles. The molecule has 17 heavy (non-hydrogen) atoms. The van der Waals surface area contributed by atoms with Crippen LogP contribution in [0.1, 0.15) is 12.0 Å². The van der Waals surface area contributed by atoms with Crippen molar-refractivity contribution in [1.29, 1.82) is 0 Å². The van der Waals surface area contributed by atoms with Crippen LogP contribution in [0.3, 0.4) is 0 Å². The van der Waals surface area contributed by atoms with Crippen LogP contribution in [-0.2, 0) is 11.3 Å². The minimum absolute atomic E-state index is 0.121. The van der Waals surface area contributed by atoms with E-state index in [0.717, 1.165) is 25.2 Å². The van der Waals surface area contributed by atoms with Gasteiger partial charge in [0.05, 0.1) is 0 Å². The molecule has 2 rings (SSSR count). The summed E-state index contributed by atoms with van der Waals surface area (Å²) >= 11 is 0. The van der Waals surface area contributed by atoms with Gasteiger partial charge in [-0.2, -0.15) is 0 Å². The Morgan fingerprint density at radius 1 is 1.53 bits per heavy atom. The molecule has 1 aromatic heterocycles. The van der Waals surface area contributed by atoms with Crippen molar-refractivity contribution in [3.8, 4) is 0 Å². The van der Waals surface area contributed by atoms with E-state index in [1.165, 1.54) is 0 Å². The summed E-state index contributed by atoms with van der Waals surface area (Å²) in [5.74, 6) is 6.22. The number of nitrogens with zero attached hydrogens (tertiary/aromatic N) is 2. The maximum atomic E-state index is 11.2. The van der Waals surface area contributed by atoms with E-state index < -0.39 is 0 Å². The van der Waals surface area contributed by atoms with Crippen LogP contribution >= 0.6 is 0 Å². The Bertz CT molecular complexity index is 395. The number of nitrogen functional groups attached to an aromatic ring is 1. The van der Waals surface area contributed by atoms with Gasteiger partial charge in [0.1, 0.15) is 5.82 Å². The number of rotatable bonds is 3. The number of hydrogen-bond acceptors (Lipinski definition) is 5. The molecular weight excluding hydrogens is 218 g/mol. The summed E-state index contributed by atoms with van der Waals surface area (Å²) in [6.07, 6.45) is 2.25. The standard InChI is InChI=1S/C11H17N5O/c12-15-11-9(2-1-4-14-11)8-16-6-3-10(17)13-5-7-16/h1-2,4H,3,5-8,12H2,(H,13,17)(H,14,15). The van der Waals surface area contributed by atoms with Crippen LogP contribution in [0, 0.1) is 0 Å². The van der Waals surface area contributed by atoms with Gasteiger partial charge >= 0.3 is 0 Å². The predicted molar refractivity (Wildman–Crippen MR) is 65.0 cm³/mol. The number of nitrogens with one attached hydrogen (secondary N) is 2. The van der Waals surface area contributed by atoms with Crippen molar-refractivity contribution in [2.45, 2.75) is 13.0 Å². The third-order valence-electron chi connectivity index (χ3n) is 2.83. The van der Waals surface area contributed by atoms with Gasteiger partial charge in [-0.05, 0) is 6.07 Å². The van der Waals surface area contributed by atoms with E-state index in [1.807, 2.05) is 12.1 Å². The highest BCUT2D eigenvalue weighted by Gasteiger charge is 2.14. The highest BCUT2D eigenvalue weighted by atomic mass is 16.1. The van der Waals surface area contributed by atoms with E-state index in [2.05, 4.69) is 20.6 Å². The highest BCUT2D eigenvalue weighted by Crippen LogP contribution is 2.13. The molecule has 4 N–H and O–H groups in total. The van der Waals surface area contributed by atoms with Gasteiger partial charge in [-0.25, -0.2) is 10.8 Å². The molecule has 0 radical (unpaired) electrons. The average molecular weight is 235 g/mol. The Hall–Kier alpha value is -1.66. The van der Waals surface area contributed by atoms with Crippen LogP contribution in [0.15, 0.2) is 18.3 Å². The number of amides is 1. The predicted octanol–water partition coefficient (Wildman–Crippen LogP) is -0.311. The molecule has 1 saturated heterocycles. The summed E-state index contributed by atoms with van der Waals surface area (Å²) in [5.41, 5.74) is 3.63. The topological polar surface area (TPSA) is 83.3 Å². The fraction of sp³-hybridized carbons (Fsp3) is 0.455. The lowest BCUT2D eigenvalue weighted by molar-refractivity contribution is -0.120. The first-order valence-corrected chi connectivity index (χ1v) is 5.69. The first kappa shape index (κ1) is 11.8. The molecule has 0 aromatic carbocycles. The largest absolute Gasteiger partial charge is 0.355 e. The number of nitrogens with two attached hydrogens (primary N) is 1. The van der Waals surface area contributed by atoms with Crippen molar-refractivity contribution in [1.82, 2.24) is 15.2 Å². The third-order valence-corrected chi connectivity index (χ3v) is 2.83. The smallest absolute Gasteiger partial charge is 0.221 e. The van der Waals surface area contributed by atoms with Crippen molar-refractivity contribution >= 4 is 11.7 Å². The summed E-state index contributed by atoms with van der Waals surface area (Å²) < 4.78 is 0.